The molecule has 1 saturated carbocycles. The van der Waals surface area contributed by atoms with Crippen molar-refractivity contribution in [2.75, 3.05) is 5.32 Å². The molecule has 2 unspecified atom stereocenters. The van der Waals surface area contributed by atoms with Gasteiger partial charge in [-0.15, -0.1) is 0 Å². The zero-order valence-corrected chi connectivity index (χ0v) is 10.6. The smallest absolute Gasteiger partial charge is 0.375 e. The molecule has 0 saturated heterocycles. The molecule has 1 aliphatic carbocycles. The summed E-state index contributed by atoms with van der Waals surface area (Å²) < 4.78 is 0. The van der Waals surface area contributed by atoms with Crippen molar-refractivity contribution in [1.82, 2.24) is 4.98 Å². The number of hydrogen-bond donors (Lipinski definition) is 1. The van der Waals surface area contributed by atoms with Gasteiger partial charge in [-0.05, 0) is 40.8 Å². The molecule has 0 radical (unpaired) electrons. The number of nitrogens with one attached hydrogen (secondary N) is 1. The molecule has 5 nitrogen and oxygen atoms in total. The second-order valence-electron chi connectivity index (χ2n) is 4.91. The lowest BCUT2D eigenvalue weighted by atomic mass is 9.84. The molecule has 18 heavy (non-hydrogen) atoms. The van der Waals surface area contributed by atoms with Crippen LogP contribution in [0, 0.1) is 16.0 Å². The number of pyridine rings is 1. The fraction of sp³-hybridized carbons (Fsp3) is 0.615. The molecule has 0 bridgehead atoms. The van der Waals surface area contributed by atoms with Gasteiger partial charge in [0.25, 0.3) is 0 Å². The van der Waals surface area contributed by atoms with Gasteiger partial charge in [0.05, 0.1) is 0 Å². The van der Waals surface area contributed by atoms with Crippen LogP contribution < -0.4 is 5.32 Å². The number of nitro groups is 1. The van der Waals surface area contributed by atoms with E-state index in [-0.39, 0.29) is 5.82 Å². The minimum atomic E-state index is -0.428. The van der Waals surface area contributed by atoms with Crippen molar-refractivity contribution in [3.8, 4) is 0 Å². The van der Waals surface area contributed by atoms with Crippen molar-refractivity contribution < 1.29 is 4.92 Å². The van der Waals surface area contributed by atoms with Crippen LogP contribution >= 0.6 is 0 Å². The summed E-state index contributed by atoms with van der Waals surface area (Å²) in [6.45, 7) is 2.21. The Balaban J connectivity index is 2.07. The van der Waals surface area contributed by atoms with Crippen LogP contribution in [-0.2, 0) is 0 Å². The quantitative estimate of drug-likeness (QED) is 0.656. The number of nitrogens with zero attached hydrogens (tertiary/aromatic N) is 2. The second kappa shape index (κ2) is 5.80. The Morgan fingerprint density at radius 1 is 1.56 bits per heavy atom. The van der Waals surface area contributed by atoms with Crippen LogP contribution in [0.25, 0.3) is 0 Å². The van der Waals surface area contributed by atoms with Gasteiger partial charge in [-0.25, -0.2) is 0 Å². The highest BCUT2D eigenvalue weighted by Gasteiger charge is 2.23. The highest BCUT2D eigenvalue weighted by molar-refractivity contribution is 5.57. The largest absolute Gasteiger partial charge is 0.386 e. The van der Waals surface area contributed by atoms with E-state index < -0.39 is 4.92 Å². The maximum absolute atomic E-state index is 10.9. The molecule has 2 rings (SSSR count). The van der Waals surface area contributed by atoms with Crippen LogP contribution in [0.3, 0.4) is 0 Å². The molecule has 2 atom stereocenters. The number of rotatable bonds is 4. The van der Waals surface area contributed by atoms with Gasteiger partial charge in [0.2, 0.25) is 0 Å². The molecule has 1 aromatic heterocycles. The van der Waals surface area contributed by atoms with E-state index in [1.54, 1.807) is 12.1 Å². The lowest BCUT2D eigenvalue weighted by Gasteiger charge is -2.29. The molecule has 1 aromatic rings. The zero-order chi connectivity index (χ0) is 13.0. The molecule has 5 heteroatoms. The molecule has 0 amide bonds. The fourth-order valence-corrected chi connectivity index (χ4v) is 2.67. The van der Waals surface area contributed by atoms with Gasteiger partial charge in [0, 0.05) is 6.04 Å². The van der Waals surface area contributed by atoms with Gasteiger partial charge in [0.1, 0.15) is 11.9 Å². The van der Waals surface area contributed by atoms with E-state index in [9.17, 15) is 10.1 Å². The topological polar surface area (TPSA) is 68.1 Å². The van der Waals surface area contributed by atoms with E-state index >= 15 is 0 Å². The summed E-state index contributed by atoms with van der Waals surface area (Å²) >= 11 is 0. The molecule has 0 spiro atoms. The average Bonchev–Trinajstić information content (AvgIpc) is 2.39. The van der Waals surface area contributed by atoms with E-state index in [2.05, 4.69) is 17.2 Å². The molecular formula is C13H19N3O2. The Morgan fingerprint density at radius 3 is 3.11 bits per heavy atom. The van der Waals surface area contributed by atoms with E-state index in [1.807, 2.05) is 0 Å². The predicted molar refractivity (Wildman–Crippen MR) is 70.6 cm³/mol. The van der Waals surface area contributed by atoms with Gasteiger partial charge in [-0.1, -0.05) is 26.2 Å². The summed E-state index contributed by atoms with van der Waals surface area (Å²) in [6, 6.07) is 3.81. The van der Waals surface area contributed by atoms with Crippen LogP contribution in [0.1, 0.15) is 39.0 Å². The standard InChI is InChI=1S/C13H19N3O2/c1-2-10-5-3-6-11(9-10)15-12-7-4-8-14-13(12)16(17)18/h4,7-8,10-11,15H,2-3,5-6,9H2,1H3. The summed E-state index contributed by atoms with van der Waals surface area (Å²) in [7, 11) is 0. The minimum Gasteiger partial charge on any atom is -0.375 e. The summed E-state index contributed by atoms with van der Waals surface area (Å²) in [5, 5.41) is 14.2. The maximum Gasteiger partial charge on any atom is 0.386 e. The van der Waals surface area contributed by atoms with E-state index in [4.69, 9.17) is 0 Å². The van der Waals surface area contributed by atoms with Crippen molar-refractivity contribution in [3.63, 3.8) is 0 Å². The Labute approximate surface area is 107 Å². The van der Waals surface area contributed by atoms with Crippen LogP contribution in [0.2, 0.25) is 0 Å². The first-order valence-electron chi connectivity index (χ1n) is 6.56. The van der Waals surface area contributed by atoms with E-state index in [0.29, 0.717) is 11.7 Å². The normalized spacial score (nSPS) is 23.6. The highest BCUT2D eigenvalue weighted by atomic mass is 16.6. The van der Waals surface area contributed by atoms with Gasteiger partial charge >= 0.3 is 5.82 Å². The van der Waals surface area contributed by atoms with Crippen molar-refractivity contribution in [1.29, 1.82) is 0 Å². The van der Waals surface area contributed by atoms with Crippen molar-refractivity contribution in [2.45, 2.75) is 45.1 Å². The van der Waals surface area contributed by atoms with Gasteiger partial charge in [0.15, 0.2) is 0 Å². The minimum absolute atomic E-state index is 0.0730. The third kappa shape index (κ3) is 2.97. The van der Waals surface area contributed by atoms with Crippen LogP contribution in [0.5, 0.6) is 0 Å². The average molecular weight is 249 g/mol. The zero-order valence-electron chi connectivity index (χ0n) is 10.6. The number of aromatic nitrogens is 1. The van der Waals surface area contributed by atoms with Gasteiger partial charge in [-0.3, -0.25) is 0 Å². The number of anilines is 1. The van der Waals surface area contributed by atoms with Gasteiger partial charge < -0.3 is 15.4 Å². The Kier molecular flexibility index (Phi) is 4.12. The van der Waals surface area contributed by atoms with Crippen molar-refractivity contribution >= 4 is 11.5 Å². The summed E-state index contributed by atoms with van der Waals surface area (Å²) in [5.41, 5.74) is 0.546. The maximum atomic E-state index is 10.9. The van der Waals surface area contributed by atoms with Crippen molar-refractivity contribution in [3.05, 3.63) is 28.4 Å². The summed E-state index contributed by atoms with van der Waals surface area (Å²) in [4.78, 5) is 14.3. The van der Waals surface area contributed by atoms with E-state index in [1.165, 1.54) is 25.5 Å². The number of hydrogen-bond acceptors (Lipinski definition) is 4. The molecule has 0 aliphatic heterocycles. The third-order valence-electron chi connectivity index (χ3n) is 3.68. The highest BCUT2D eigenvalue weighted by Crippen LogP contribution is 2.30. The SMILES string of the molecule is CCC1CCCC(Nc2cccnc2[N+](=O)[O-])C1. The fourth-order valence-electron chi connectivity index (χ4n) is 2.67. The Morgan fingerprint density at radius 2 is 2.39 bits per heavy atom. The first-order valence-corrected chi connectivity index (χ1v) is 6.56. The van der Waals surface area contributed by atoms with Gasteiger partial charge in [-0.2, -0.15) is 0 Å². The lowest BCUT2D eigenvalue weighted by molar-refractivity contribution is -0.388. The molecule has 1 fully saturated rings. The van der Waals surface area contributed by atoms with Crippen LogP contribution in [-0.4, -0.2) is 15.9 Å². The van der Waals surface area contributed by atoms with Crippen LogP contribution in [0.15, 0.2) is 18.3 Å². The van der Waals surface area contributed by atoms with Crippen molar-refractivity contribution in [2.24, 2.45) is 5.92 Å². The van der Waals surface area contributed by atoms with E-state index in [0.717, 1.165) is 18.8 Å². The monoisotopic (exact) mass is 249 g/mol. The Hall–Kier alpha value is -1.65. The summed E-state index contributed by atoms with van der Waals surface area (Å²) in [5.74, 6) is 0.670. The molecule has 98 valence electrons. The summed E-state index contributed by atoms with van der Waals surface area (Å²) in [6.07, 6.45) is 7.31. The first kappa shape index (κ1) is 12.8. The molecule has 1 N–H and O–H groups in total. The molecule has 1 aliphatic rings. The molecule has 1 heterocycles. The first-order chi connectivity index (χ1) is 8.70. The lowest BCUT2D eigenvalue weighted by Crippen LogP contribution is -2.27. The predicted octanol–water partition coefficient (Wildman–Crippen LogP) is 3.37. The van der Waals surface area contributed by atoms with Crippen LogP contribution in [0.4, 0.5) is 11.5 Å². The third-order valence-corrected chi connectivity index (χ3v) is 3.68. The Bertz CT molecular complexity index is 422. The molecular weight excluding hydrogens is 230 g/mol. The molecule has 0 aromatic carbocycles. The second-order valence-corrected chi connectivity index (χ2v) is 4.91.